The average molecular weight is 171 g/mol. The normalized spacial score (nSPS) is 24.5. The maximum atomic E-state index is 10.9. The average Bonchev–Trinajstić information content (AvgIpc) is 1.82. The number of carboxylic acids is 1. The van der Waals surface area contributed by atoms with E-state index in [1.807, 2.05) is 0 Å². The van der Waals surface area contributed by atoms with E-state index < -0.39 is 11.9 Å². The van der Waals surface area contributed by atoms with Gasteiger partial charge in [-0.25, -0.2) is 0 Å². The highest BCUT2D eigenvalue weighted by Crippen LogP contribution is 2.24. The zero-order valence-electron chi connectivity index (χ0n) is 7.28. The summed E-state index contributed by atoms with van der Waals surface area (Å²) < 4.78 is 0. The van der Waals surface area contributed by atoms with Crippen molar-refractivity contribution in [3.8, 4) is 0 Å². The molecule has 1 rings (SSSR count). The maximum absolute atomic E-state index is 10.9. The number of nitrogens with zero attached hydrogens (tertiary/aromatic N) is 1. The summed E-state index contributed by atoms with van der Waals surface area (Å²) in [5, 5.41) is 8.68. The molecule has 1 heterocycles. The molecule has 1 fully saturated rings. The second-order valence-electron chi connectivity index (χ2n) is 3.20. The van der Waals surface area contributed by atoms with E-state index >= 15 is 0 Å². The number of amides is 1. The molecule has 1 saturated heterocycles. The van der Waals surface area contributed by atoms with Gasteiger partial charge in [-0.1, -0.05) is 0 Å². The van der Waals surface area contributed by atoms with Gasteiger partial charge in [0.25, 0.3) is 0 Å². The molecular formula is C8H13NO3. The van der Waals surface area contributed by atoms with Crippen LogP contribution in [0.25, 0.3) is 0 Å². The lowest BCUT2D eigenvalue weighted by atomic mass is 9.90. The van der Waals surface area contributed by atoms with E-state index in [0.717, 1.165) is 6.42 Å². The van der Waals surface area contributed by atoms with Gasteiger partial charge in [-0.05, 0) is 13.3 Å². The third-order valence-electron chi connectivity index (χ3n) is 2.44. The van der Waals surface area contributed by atoms with Gasteiger partial charge >= 0.3 is 5.97 Å². The fourth-order valence-electron chi connectivity index (χ4n) is 1.48. The van der Waals surface area contributed by atoms with E-state index in [1.54, 1.807) is 11.8 Å². The number of carbonyl (C=O) groups is 2. The second-order valence-corrected chi connectivity index (χ2v) is 3.20. The van der Waals surface area contributed by atoms with Crippen molar-refractivity contribution in [2.75, 3.05) is 6.54 Å². The predicted molar refractivity (Wildman–Crippen MR) is 42.6 cm³/mol. The van der Waals surface area contributed by atoms with Crippen molar-refractivity contribution in [2.45, 2.75) is 26.3 Å². The fourth-order valence-corrected chi connectivity index (χ4v) is 1.48. The van der Waals surface area contributed by atoms with Gasteiger partial charge in [-0.2, -0.15) is 0 Å². The number of carbonyl (C=O) groups excluding carboxylic acids is 1. The molecule has 0 bridgehead atoms. The molecule has 0 aromatic heterocycles. The Balaban J connectivity index is 2.54. The zero-order chi connectivity index (χ0) is 9.30. The highest BCUT2D eigenvalue weighted by molar-refractivity contribution is 5.77. The van der Waals surface area contributed by atoms with Crippen LogP contribution in [0.5, 0.6) is 0 Å². The molecule has 0 spiro atoms. The summed E-state index contributed by atoms with van der Waals surface area (Å²) in [6.07, 6.45) is 0.813. The van der Waals surface area contributed by atoms with Crippen molar-refractivity contribution < 1.29 is 14.7 Å². The highest BCUT2D eigenvalue weighted by atomic mass is 16.4. The first-order valence-corrected chi connectivity index (χ1v) is 4.04. The molecule has 1 amide bonds. The van der Waals surface area contributed by atoms with Gasteiger partial charge in [0.05, 0.1) is 5.92 Å². The van der Waals surface area contributed by atoms with Crippen LogP contribution in [0.3, 0.4) is 0 Å². The largest absolute Gasteiger partial charge is 0.481 e. The van der Waals surface area contributed by atoms with E-state index in [2.05, 4.69) is 0 Å². The van der Waals surface area contributed by atoms with Crippen LogP contribution in [0.4, 0.5) is 0 Å². The molecule has 0 saturated carbocycles. The second kappa shape index (κ2) is 3.13. The van der Waals surface area contributed by atoms with Gasteiger partial charge < -0.3 is 10.0 Å². The first kappa shape index (κ1) is 9.03. The van der Waals surface area contributed by atoms with Crippen LogP contribution in [0.1, 0.15) is 20.3 Å². The van der Waals surface area contributed by atoms with Crippen molar-refractivity contribution in [3.63, 3.8) is 0 Å². The molecule has 0 aliphatic carbocycles. The summed E-state index contributed by atoms with van der Waals surface area (Å²) in [5.74, 6) is -1.30. The molecule has 12 heavy (non-hydrogen) atoms. The lowest BCUT2D eigenvalue weighted by Gasteiger charge is -2.42. The van der Waals surface area contributed by atoms with E-state index in [1.165, 1.54) is 6.92 Å². The Morgan fingerprint density at radius 1 is 1.58 bits per heavy atom. The first-order valence-electron chi connectivity index (χ1n) is 4.04. The molecule has 4 heteroatoms. The number of carboxylic acid groups (broad SMARTS) is 1. The van der Waals surface area contributed by atoms with Gasteiger partial charge in [0.1, 0.15) is 0 Å². The lowest BCUT2D eigenvalue weighted by Crippen LogP contribution is -2.54. The van der Waals surface area contributed by atoms with Crippen LogP contribution >= 0.6 is 0 Å². The molecule has 0 radical (unpaired) electrons. The Kier molecular flexibility index (Phi) is 2.35. The van der Waals surface area contributed by atoms with E-state index in [9.17, 15) is 9.59 Å². The van der Waals surface area contributed by atoms with Crippen LogP contribution in [0, 0.1) is 5.92 Å². The minimum absolute atomic E-state index is 0.0284. The smallest absolute Gasteiger partial charge is 0.308 e. The fraction of sp³-hybridized carbons (Fsp3) is 0.750. The summed E-state index contributed by atoms with van der Waals surface area (Å²) in [6, 6.07) is -0.0833. The van der Waals surface area contributed by atoms with E-state index in [0.29, 0.717) is 6.54 Å². The molecule has 68 valence electrons. The first-order chi connectivity index (χ1) is 5.54. The molecule has 1 N–H and O–H groups in total. The molecule has 0 aromatic rings. The van der Waals surface area contributed by atoms with Crippen molar-refractivity contribution >= 4 is 11.9 Å². The van der Waals surface area contributed by atoms with E-state index in [-0.39, 0.29) is 11.9 Å². The van der Waals surface area contributed by atoms with Crippen LogP contribution in [-0.4, -0.2) is 34.5 Å². The van der Waals surface area contributed by atoms with Crippen LogP contribution in [0.2, 0.25) is 0 Å². The standard InChI is InChI=1S/C8H13NO3/c1-5(8(11)12)7-3-4-9(7)6(2)10/h5,7H,3-4H2,1-2H3,(H,11,12). The van der Waals surface area contributed by atoms with Crippen molar-refractivity contribution in [1.82, 2.24) is 4.90 Å². The Bertz CT molecular complexity index is 198. The molecule has 1 aliphatic rings. The minimum Gasteiger partial charge on any atom is -0.481 e. The monoisotopic (exact) mass is 171 g/mol. The Hall–Kier alpha value is -1.06. The number of hydrogen-bond donors (Lipinski definition) is 1. The number of rotatable bonds is 2. The molecule has 1 aliphatic heterocycles. The third-order valence-corrected chi connectivity index (χ3v) is 2.44. The third kappa shape index (κ3) is 1.42. The molecule has 0 aromatic carbocycles. The Morgan fingerprint density at radius 3 is 2.42 bits per heavy atom. The van der Waals surface area contributed by atoms with Crippen molar-refractivity contribution in [1.29, 1.82) is 0 Å². The maximum Gasteiger partial charge on any atom is 0.308 e. The molecule has 2 unspecified atom stereocenters. The predicted octanol–water partition coefficient (Wildman–Crippen LogP) is 0.328. The topological polar surface area (TPSA) is 57.6 Å². The lowest BCUT2D eigenvalue weighted by molar-refractivity contribution is -0.150. The summed E-state index contributed by atoms with van der Waals surface area (Å²) in [5.41, 5.74) is 0. The van der Waals surface area contributed by atoms with Gasteiger partial charge in [0.2, 0.25) is 5.91 Å². The van der Waals surface area contributed by atoms with Crippen LogP contribution in [-0.2, 0) is 9.59 Å². The summed E-state index contributed by atoms with van der Waals surface area (Å²) in [7, 11) is 0. The number of hydrogen-bond acceptors (Lipinski definition) is 2. The SMILES string of the molecule is CC(=O)N1CCC1C(C)C(=O)O. The molecular weight excluding hydrogens is 158 g/mol. The highest BCUT2D eigenvalue weighted by Gasteiger charge is 2.37. The molecule has 4 nitrogen and oxygen atoms in total. The van der Waals surface area contributed by atoms with Gasteiger partial charge in [0.15, 0.2) is 0 Å². The van der Waals surface area contributed by atoms with Gasteiger partial charge in [-0.15, -0.1) is 0 Å². The molecule has 2 atom stereocenters. The number of aliphatic carboxylic acids is 1. The van der Waals surface area contributed by atoms with Crippen LogP contribution in [0.15, 0.2) is 0 Å². The van der Waals surface area contributed by atoms with Crippen molar-refractivity contribution in [3.05, 3.63) is 0 Å². The Morgan fingerprint density at radius 2 is 2.17 bits per heavy atom. The van der Waals surface area contributed by atoms with Crippen LogP contribution < -0.4 is 0 Å². The van der Waals surface area contributed by atoms with Gasteiger partial charge in [0, 0.05) is 19.5 Å². The summed E-state index contributed by atoms with van der Waals surface area (Å²) in [4.78, 5) is 23.1. The quantitative estimate of drug-likeness (QED) is 0.651. The summed E-state index contributed by atoms with van der Waals surface area (Å²) in [6.45, 7) is 3.82. The van der Waals surface area contributed by atoms with E-state index in [4.69, 9.17) is 5.11 Å². The zero-order valence-corrected chi connectivity index (χ0v) is 7.28. The van der Waals surface area contributed by atoms with Crippen molar-refractivity contribution in [2.24, 2.45) is 5.92 Å². The van der Waals surface area contributed by atoms with Gasteiger partial charge in [-0.3, -0.25) is 9.59 Å². The summed E-state index contributed by atoms with van der Waals surface area (Å²) >= 11 is 0. The Labute approximate surface area is 71.2 Å². The minimum atomic E-state index is -0.828. The number of likely N-dealkylation sites (tertiary alicyclic amines) is 1.